The highest BCUT2D eigenvalue weighted by Gasteiger charge is 2.22. The Morgan fingerprint density at radius 2 is 1.27 bits per heavy atom. The molecule has 0 heterocycles. The van der Waals surface area contributed by atoms with E-state index in [1.54, 1.807) is 42.5 Å². The van der Waals surface area contributed by atoms with Gasteiger partial charge in [-0.1, -0.05) is 18.2 Å². The lowest BCUT2D eigenvalue weighted by Crippen LogP contribution is -2.03. The first-order valence-corrected chi connectivity index (χ1v) is 13.1. The first-order chi connectivity index (χ1) is 19.8. The van der Waals surface area contributed by atoms with Crippen molar-refractivity contribution < 1.29 is 42.3 Å². The predicted molar refractivity (Wildman–Crippen MR) is 159 cm³/mol. The molecular formula is C31H32BrFO8. The van der Waals surface area contributed by atoms with Crippen LogP contribution in [0.5, 0.6) is 40.2 Å². The monoisotopic (exact) mass is 630 g/mol. The van der Waals surface area contributed by atoms with Crippen LogP contribution in [0.4, 0.5) is 4.39 Å². The van der Waals surface area contributed by atoms with Gasteiger partial charge in [0.1, 0.15) is 0 Å². The highest BCUT2D eigenvalue weighted by atomic mass is 79.9. The minimum Gasteiger partial charge on any atom is -0.494 e. The molecule has 0 unspecified atom stereocenters. The van der Waals surface area contributed by atoms with Crippen LogP contribution < -0.4 is 33.2 Å². The molecule has 8 nitrogen and oxygen atoms in total. The fraction of sp³-hybridized carbons (Fsp3) is 0.258. The van der Waals surface area contributed by atoms with Crippen LogP contribution in [0.15, 0.2) is 47.0 Å². The molecule has 0 atom stereocenters. The molecule has 0 spiro atoms. The molecule has 0 aliphatic rings. The van der Waals surface area contributed by atoms with Gasteiger partial charge < -0.3 is 33.2 Å². The van der Waals surface area contributed by atoms with Gasteiger partial charge in [0, 0.05) is 5.56 Å². The highest BCUT2D eigenvalue weighted by Crippen LogP contribution is 2.45. The first-order valence-electron chi connectivity index (χ1n) is 12.3. The summed E-state index contributed by atoms with van der Waals surface area (Å²) >= 11 is 3.44. The van der Waals surface area contributed by atoms with Crippen molar-refractivity contribution in [1.29, 1.82) is 0 Å². The third-order valence-electron chi connectivity index (χ3n) is 6.20. The van der Waals surface area contributed by atoms with Crippen LogP contribution >= 0.6 is 15.9 Å². The van der Waals surface area contributed by atoms with Crippen LogP contribution in [0.3, 0.4) is 0 Å². The van der Waals surface area contributed by atoms with Crippen molar-refractivity contribution in [2.24, 2.45) is 0 Å². The summed E-state index contributed by atoms with van der Waals surface area (Å²) in [6.07, 6.45) is 7.02. The lowest BCUT2D eigenvalue weighted by atomic mass is 10.0. The molecule has 0 aliphatic carbocycles. The van der Waals surface area contributed by atoms with Crippen molar-refractivity contribution in [2.45, 2.75) is 6.42 Å². The maximum atomic E-state index is 14.7. The zero-order valence-electron chi connectivity index (χ0n) is 23.9. The molecule has 0 aliphatic heterocycles. The van der Waals surface area contributed by atoms with E-state index in [-0.39, 0.29) is 11.5 Å². The van der Waals surface area contributed by atoms with Crippen LogP contribution in [0, 0.1) is 5.82 Å². The molecule has 0 amide bonds. The van der Waals surface area contributed by atoms with E-state index in [2.05, 4.69) is 15.9 Å². The van der Waals surface area contributed by atoms with Gasteiger partial charge in [0.25, 0.3) is 0 Å². The van der Waals surface area contributed by atoms with Crippen LogP contribution in [0.25, 0.3) is 12.2 Å². The summed E-state index contributed by atoms with van der Waals surface area (Å²) < 4.78 is 52.7. The average Bonchev–Trinajstić information content (AvgIpc) is 2.99. The summed E-state index contributed by atoms with van der Waals surface area (Å²) in [6.45, 7) is 0. The largest absolute Gasteiger partial charge is 0.494 e. The van der Waals surface area contributed by atoms with Crippen LogP contribution in [-0.2, 0) is 6.42 Å². The molecule has 10 heteroatoms. The van der Waals surface area contributed by atoms with E-state index in [9.17, 15) is 9.18 Å². The fourth-order valence-corrected chi connectivity index (χ4v) is 4.82. The molecule has 0 saturated heterocycles. The third kappa shape index (κ3) is 6.94. The van der Waals surface area contributed by atoms with E-state index < -0.39 is 5.82 Å². The zero-order valence-corrected chi connectivity index (χ0v) is 25.5. The summed E-state index contributed by atoms with van der Waals surface area (Å²) in [4.78, 5) is 13.1. The summed E-state index contributed by atoms with van der Waals surface area (Å²) in [5.41, 5.74) is 2.41. The molecule has 218 valence electrons. The number of halogens is 2. The Kier molecular flexibility index (Phi) is 11.0. The van der Waals surface area contributed by atoms with Gasteiger partial charge in [-0.25, -0.2) is 4.39 Å². The molecule has 3 aromatic rings. The standard InChI is InChI=1S/C31H32BrFO8/c1-35-24-16-19(9-8-10-23(34)21-17-27(38-4)30(40-6)31(41-7)28(21)32)20(15-22(24)33)12-11-18-13-25(36-2)29(39-5)26(14-18)37-3/h8,10-17H,9H2,1-7H3/b10-8-,12-11-. The number of ketones is 1. The van der Waals surface area contributed by atoms with Crippen LogP contribution in [-0.4, -0.2) is 55.6 Å². The van der Waals surface area contributed by atoms with E-state index in [4.69, 9.17) is 33.2 Å². The minimum atomic E-state index is -0.512. The molecule has 3 rings (SSSR count). The Labute approximate surface area is 247 Å². The second-order valence-corrected chi connectivity index (χ2v) is 9.25. The normalized spacial score (nSPS) is 11.0. The molecule has 0 radical (unpaired) electrons. The highest BCUT2D eigenvalue weighted by molar-refractivity contribution is 9.10. The Morgan fingerprint density at radius 3 is 1.80 bits per heavy atom. The number of carbonyl (C=O) groups is 1. The summed E-state index contributed by atoms with van der Waals surface area (Å²) in [6, 6.07) is 8.13. The van der Waals surface area contributed by atoms with Crippen molar-refractivity contribution in [3.8, 4) is 40.2 Å². The number of benzene rings is 3. The number of carbonyl (C=O) groups excluding carboxylic acids is 1. The van der Waals surface area contributed by atoms with Gasteiger partial charge >= 0.3 is 0 Å². The van der Waals surface area contributed by atoms with E-state index in [1.165, 1.54) is 61.9 Å². The lowest BCUT2D eigenvalue weighted by Gasteiger charge is -2.15. The lowest BCUT2D eigenvalue weighted by molar-refractivity contribution is 0.104. The number of allylic oxidation sites excluding steroid dienone is 2. The van der Waals surface area contributed by atoms with E-state index >= 15 is 0 Å². The van der Waals surface area contributed by atoms with Crippen molar-refractivity contribution in [3.63, 3.8) is 0 Å². The Bertz CT molecular complexity index is 1440. The van der Waals surface area contributed by atoms with Gasteiger partial charge in [-0.3, -0.25) is 4.79 Å². The quantitative estimate of drug-likeness (QED) is 0.116. The molecule has 41 heavy (non-hydrogen) atoms. The summed E-state index contributed by atoms with van der Waals surface area (Å²) in [5.74, 6) is 1.80. The number of ether oxygens (including phenoxy) is 7. The van der Waals surface area contributed by atoms with Crippen molar-refractivity contribution in [3.05, 3.63) is 75.0 Å². The van der Waals surface area contributed by atoms with Gasteiger partial charge in [0.2, 0.25) is 11.5 Å². The number of rotatable bonds is 13. The van der Waals surface area contributed by atoms with E-state index in [1.807, 2.05) is 0 Å². The van der Waals surface area contributed by atoms with Crippen molar-refractivity contribution in [1.82, 2.24) is 0 Å². The molecule has 0 saturated carbocycles. The van der Waals surface area contributed by atoms with Gasteiger partial charge in [-0.15, -0.1) is 0 Å². The van der Waals surface area contributed by atoms with Crippen molar-refractivity contribution in [2.75, 3.05) is 49.8 Å². The SMILES string of the molecule is COc1cc(C/C=C\C(=O)c2cc(OC)c(OC)c(OC)c2Br)c(/C=C\c2cc(OC)c(OC)c(OC)c2)cc1F. The van der Waals surface area contributed by atoms with Crippen molar-refractivity contribution >= 4 is 33.9 Å². The Balaban J connectivity index is 1.95. The van der Waals surface area contributed by atoms with Gasteiger partial charge in [0.15, 0.2) is 40.3 Å². The van der Waals surface area contributed by atoms with Gasteiger partial charge in [0.05, 0.1) is 54.2 Å². The fourth-order valence-electron chi connectivity index (χ4n) is 4.17. The first kappa shape index (κ1) is 31.3. The van der Waals surface area contributed by atoms with E-state index in [0.29, 0.717) is 56.5 Å². The zero-order chi connectivity index (χ0) is 30.1. The molecule has 0 aromatic heterocycles. The topological polar surface area (TPSA) is 81.7 Å². The Morgan fingerprint density at radius 1 is 0.707 bits per heavy atom. The molecule has 0 fully saturated rings. The molecular weight excluding hydrogens is 599 g/mol. The summed E-state index contributed by atoms with van der Waals surface area (Å²) in [7, 11) is 10.4. The minimum absolute atomic E-state index is 0.0945. The molecule has 0 bridgehead atoms. The second-order valence-electron chi connectivity index (χ2n) is 8.46. The summed E-state index contributed by atoms with van der Waals surface area (Å²) in [5, 5.41) is 0. The van der Waals surface area contributed by atoms with Gasteiger partial charge in [-0.2, -0.15) is 0 Å². The third-order valence-corrected chi connectivity index (χ3v) is 6.99. The maximum absolute atomic E-state index is 14.7. The Hall–Kier alpha value is -4.18. The average molecular weight is 631 g/mol. The van der Waals surface area contributed by atoms with Gasteiger partial charge in [-0.05, 0) is 75.4 Å². The second kappa shape index (κ2) is 14.5. The van der Waals surface area contributed by atoms with Crippen LogP contribution in [0.2, 0.25) is 0 Å². The van der Waals surface area contributed by atoms with E-state index in [0.717, 1.165) is 11.1 Å². The number of hydrogen-bond donors (Lipinski definition) is 0. The molecule has 0 N–H and O–H groups in total. The smallest absolute Gasteiger partial charge is 0.204 e. The predicted octanol–water partition coefficient (Wildman–Crippen LogP) is 6.80. The number of hydrogen-bond acceptors (Lipinski definition) is 8. The van der Waals surface area contributed by atoms with Crippen LogP contribution in [0.1, 0.15) is 27.0 Å². The number of methoxy groups -OCH3 is 7. The molecule has 3 aromatic carbocycles. The maximum Gasteiger partial charge on any atom is 0.204 e.